The van der Waals surface area contributed by atoms with Crippen LogP contribution in [0.4, 0.5) is 13.2 Å². The molecule has 36 heavy (non-hydrogen) atoms. The van der Waals surface area contributed by atoms with Crippen molar-refractivity contribution in [2.75, 3.05) is 45.0 Å². The van der Waals surface area contributed by atoms with Gasteiger partial charge in [0.15, 0.2) is 0 Å². The molecule has 2 aromatic carbocycles. The predicted octanol–water partition coefficient (Wildman–Crippen LogP) is 2.55. The number of aryl methyl sites for hydroxylation is 1. The largest absolute Gasteiger partial charge is 0.490 e. The SMILES string of the molecule is Cc1ccc(C(=O)N(CCc2ccccc2)CCS(=O)(=O)N2CCNCC2)cc1.O=C(O)C(F)(F)F. The molecule has 0 spiro atoms. The molecule has 0 unspecified atom stereocenters. The molecule has 1 saturated heterocycles. The van der Waals surface area contributed by atoms with Gasteiger partial charge in [-0.25, -0.2) is 13.2 Å². The fraction of sp³-hybridized carbons (Fsp3) is 0.417. The monoisotopic (exact) mass is 529 g/mol. The van der Waals surface area contributed by atoms with E-state index in [0.717, 1.165) is 11.1 Å². The van der Waals surface area contributed by atoms with Crippen molar-refractivity contribution in [2.45, 2.75) is 19.5 Å². The van der Waals surface area contributed by atoms with Crippen molar-refractivity contribution in [3.05, 3.63) is 71.3 Å². The minimum Gasteiger partial charge on any atom is -0.475 e. The topological polar surface area (TPSA) is 107 Å². The second-order valence-corrected chi connectivity index (χ2v) is 10.3. The second kappa shape index (κ2) is 13.4. The van der Waals surface area contributed by atoms with Crippen LogP contribution in [0, 0.1) is 6.92 Å². The summed E-state index contributed by atoms with van der Waals surface area (Å²) in [6, 6.07) is 17.3. The molecule has 2 aromatic rings. The van der Waals surface area contributed by atoms with Crippen LogP contribution in [-0.2, 0) is 21.2 Å². The van der Waals surface area contributed by atoms with E-state index in [2.05, 4.69) is 5.32 Å². The third-order valence-electron chi connectivity index (χ3n) is 5.43. The third kappa shape index (κ3) is 9.59. The van der Waals surface area contributed by atoms with Crippen molar-refractivity contribution < 1.29 is 36.3 Å². The highest BCUT2D eigenvalue weighted by Crippen LogP contribution is 2.13. The smallest absolute Gasteiger partial charge is 0.475 e. The normalized spacial score (nSPS) is 14.4. The summed E-state index contributed by atoms with van der Waals surface area (Å²) in [6.07, 6.45) is -4.40. The van der Waals surface area contributed by atoms with E-state index >= 15 is 0 Å². The van der Waals surface area contributed by atoms with Gasteiger partial charge in [-0.05, 0) is 31.0 Å². The quantitative estimate of drug-likeness (QED) is 0.545. The number of rotatable bonds is 8. The molecule has 1 amide bonds. The Kier molecular flexibility index (Phi) is 10.9. The van der Waals surface area contributed by atoms with Gasteiger partial charge in [0.05, 0.1) is 5.75 Å². The number of alkyl halides is 3. The summed E-state index contributed by atoms with van der Waals surface area (Å²) in [4.78, 5) is 23.6. The lowest BCUT2D eigenvalue weighted by molar-refractivity contribution is -0.192. The summed E-state index contributed by atoms with van der Waals surface area (Å²) >= 11 is 0. The van der Waals surface area contributed by atoms with E-state index in [9.17, 15) is 26.4 Å². The van der Waals surface area contributed by atoms with Gasteiger partial charge in [0.25, 0.3) is 5.91 Å². The van der Waals surface area contributed by atoms with Crippen molar-refractivity contribution in [2.24, 2.45) is 0 Å². The molecular weight excluding hydrogens is 499 g/mol. The van der Waals surface area contributed by atoms with Gasteiger partial charge in [0.1, 0.15) is 0 Å². The summed E-state index contributed by atoms with van der Waals surface area (Å²) in [5.41, 5.74) is 2.79. The first-order valence-corrected chi connectivity index (χ1v) is 12.9. The van der Waals surface area contributed by atoms with E-state index in [1.807, 2.05) is 49.4 Å². The Hall–Kier alpha value is -2.96. The maximum atomic E-state index is 13.1. The average Bonchev–Trinajstić information content (AvgIpc) is 2.85. The minimum atomic E-state index is -5.08. The molecule has 0 atom stereocenters. The second-order valence-electron chi connectivity index (χ2n) is 8.16. The van der Waals surface area contributed by atoms with E-state index in [1.165, 1.54) is 4.31 Å². The van der Waals surface area contributed by atoms with Gasteiger partial charge < -0.3 is 15.3 Å². The minimum absolute atomic E-state index is 0.0562. The van der Waals surface area contributed by atoms with E-state index in [0.29, 0.717) is 44.7 Å². The molecule has 1 aliphatic heterocycles. The molecule has 1 fully saturated rings. The van der Waals surface area contributed by atoms with Gasteiger partial charge in [-0.2, -0.15) is 17.5 Å². The fourth-order valence-corrected chi connectivity index (χ4v) is 4.83. The zero-order valence-corrected chi connectivity index (χ0v) is 20.7. The summed E-state index contributed by atoms with van der Waals surface area (Å²) in [5, 5.41) is 10.3. The van der Waals surface area contributed by atoms with E-state index in [4.69, 9.17) is 9.90 Å². The number of carboxylic acids is 1. The van der Waals surface area contributed by atoms with Crippen LogP contribution < -0.4 is 5.32 Å². The van der Waals surface area contributed by atoms with Crippen molar-refractivity contribution in [3.63, 3.8) is 0 Å². The van der Waals surface area contributed by atoms with Crippen LogP contribution in [0.1, 0.15) is 21.5 Å². The van der Waals surface area contributed by atoms with Gasteiger partial charge in [-0.1, -0.05) is 48.0 Å². The Morgan fingerprint density at radius 3 is 2.08 bits per heavy atom. The van der Waals surface area contributed by atoms with Crippen LogP contribution >= 0.6 is 0 Å². The Labute approximate surface area is 208 Å². The number of carbonyl (C=O) groups excluding carboxylic acids is 1. The number of piperazine rings is 1. The van der Waals surface area contributed by atoms with E-state index in [1.54, 1.807) is 17.0 Å². The molecule has 0 aliphatic carbocycles. The molecule has 0 aromatic heterocycles. The van der Waals surface area contributed by atoms with Crippen LogP contribution in [-0.4, -0.2) is 85.8 Å². The molecule has 1 heterocycles. The standard InChI is InChI=1S/C22H29N3O3S.C2HF3O2/c1-19-7-9-21(10-8-19)22(26)24(14-11-20-5-3-2-4-6-20)17-18-29(27,28)25-15-12-23-13-16-25;3-2(4,5)1(6)7/h2-10,23H,11-18H2,1H3;(H,6,7). The predicted molar refractivity (Wildman–Crippen MR) is 129 cm³/mol. The number of carboxylic acid groups (broad SMARTS) is 1. The number of hydrogen-bond acceptors (Lipinski definition) is 5. The Bertz CT molecular complexity index is 1090. The molecule has 2 N–H and O–H groups in total. The molecule has 0 saturated carbocycles. The molecule has 8 nitrogen and oxygen atoms in total. The molecule has 198 valence electrons. The number of nitrogens with zero attached hydrogens (tertiary/aromatic N) is 2. The number of aliphatic carboxylic acids is 1. The molecule has 0 bridgehead atoms. The fourth-order valence-electron chi connectivity index (χ4n) is 3.38. The van der Waals surface area contributed by atoms with Gasteiger partial charge >= 0.3 is 12.1 Å². The maximum Gasteiger partial charge on any atom is 0.490 e. The zero-order valence-electron chi connectivity index (χ0n) is 19.9. The van der Waals surface area contributed by atoms with Crippen LogP contribution in [0.2, 0.25) is 0 Å². The highest BCUT2D eigenvalue weighted by molar-refractivity contribution is 7.89. The zero-order chi connectivity index (χ0) is 26.8. The van der Waals surface area contributed by atoms with Crippen LogP contribution in [0.5, 0.6) is 0 Å². The van der Waals surface area contributed by atoms with Crippen LogP contribution in [0.3, 0.4) is 0 Å². The maximum absolute atomic E-state index is 13.1. The number of carbonyl (C=O) groups is 2. The lowest BCUT2D eigenvalue weighted by Crippen LogP contribution is -2.48. The molecule has 3 rings (SSSR count). The Morgan fingerprint density at radius 1 is 1.00 bits per heavy atom. The molecule has 1 aliphatic rings. The summed E-state index contributed by atoms with van der Waals surface area (Å²) in [5.74, 6) is -2.94. The molecular formula is C24H30F3N3O5S. The van der Waals surface area contributed by atoms with Gasteiger partial charge in [-0.15, -0.1) is 0 Å². The lowest BCUT2D eigenvalue weighted by atomic mass is 10.1. The van der Waals surface area contributed by atoms with Gasteiger partial charge in [-0.3, -0.25) is 4.79 Å². The lowest BCUT2D eigenvalue weighted by Gasteiger charge is -2.28. The van der Waals surface area contributed by atoms with E-state index < -0.39 is 22.2 Å². The van der Waals surface area contributed by atoms with Crippen molar-refractivity contribution >= 4 is 21.9 Å². The number of halogens is 3. The van der Waals surface area contributed by atoms with Crippen molar-refractivity contribution in [1.29, 1.82) is 0 Å². The average molecular weight is 530 g/mol. The Morgan fingerprint density at radius 2 is 1.56 bits per heavy atom. The highest BCUT2D eigenvalue weighted by Gasteiger charge is 2.38. The summed E-state index contributed by atoms with van der Waals surface area (Å²) in [6.45, 7) is 4.94. The number of nitrogens with one attached hydrogen (secondary N) is 1. The Balaban J connectivity index is 0.000000572. The van der Waals surface area contributed by atoms with E-state index in [-0.39, 0.29) is 18.2 Å². The van der Waals surface area contributed by atoms with Crippen molar-refractivity contribution in [1.82, 2.24) is 14.5 Å². The molecule has 12 heteroatoms. The number of amides is 1. The van der Waals surface area contributed by atoms with Crippen LogP contribution in [0.25, 0.3) is 0 Å². The summed E-state index contributed by atoms with van der Waals surface area (Å²) in [7, 11) is -3.38. The number of sulfonamides is 1. The third-order valence-corrected chi connectivity index (χ3v) is 7.28. The molecule has 0 radical (unpaired) electrons. The van der Waals surface area contributed by atoms with Gasteiger partial charge in [0, 0.05) is 44.8 Å². The van der Waals surface area contributed by atoms with Crippen LogP contribution in [0.15, 0.2) is 54.6 Å². The highest BCUT2D eigenvalue weighted by atomic mass is 32.2. The first-order valence-electron chi connectivity index (χ1n) is 11.3. The number of hydrogen-bond donors (Lipinski definition) is 2. The summed E-state index contributed by atoms with van der Waals surface area (Å²) < 4.78 is 58.7. The number of benzene rings is 2. The van der Waals surface area contributed by atoms with Gasteiger partial charge in [0.2, 0.25) is 10.0 Å². The first kappa shape index (κ1) is 29.3. The first-order chi connectivity index (χ1) is 16.9. The van der Waals surface area contributed by atoms with Crippen molar-refractivity contribution in [3.8, 4) is 0 Å².